The van der Waals surface area contributed by atoms with Gasteiger partial charge in [0.1, 0.15) is 0 Å². The van der Waals surface area contributed by atoms with E-state index >= 15 is 0 Å². The van der Waals surface area contributed by atoms with Crippen molar-refractivity contribution in [3.63, 3.8) is 0 Å². The number of sulfonamides is 1. The van der Waals surface area contributed by atoms with Gasteiger partial charge in [0, 0.05) is 19.0 Å². The van der Waals surface area contributed by atoms with Crippen LogP contribution >= 0.6 is 11.3 Å². The van der Waals surface area contributed by atoms with Crippen LogP contribution in [0.2, 0.25) is 0 Å². The van der Waals surface area contributed by atoms with Crippen LogP contribution in [0.1, 0.15) is 30.9 Å². The van der Waals surface area contributed by atoms with E-state index in [1.807, 2.05) is 50.2 Å². The second kappa shape index (κ2) is 8.68. The largest absolute Gasteiger partial charge is 0.274 e. The highest BCUT2D eigenvalue weighted by Crippen LogP contribution is 2.36. The van der Waals surface area contributed by atoms with Gasteiger partial charge in [-0.1, -0.05) is 29.5 Å². The Morgan fingerprint density at radius 2 is 1.77 bits per heavy atom. The molecule has 164 valence electrons. The normalized spacial score (nSPS) is 16.0. The van der Waals surface area contributed by atoms with Crippen molar-refractivity contribution in [2.75, 3.05) is 23.7 Å². The molecule has 3 aromatic rings. The van der Waals surface area contributed by atoms with Gasteiger partial charge in [-0.15, -0.1) is 0 Å². The summed E-state index contributed by atoms with van der Waals surface area (Å²) in [7, 11) is -3.23. The Hall–Kier alpha value is -2.29. The third-order valence-corrected chi connectivity index (χ3v) is 8.62. The van der Waals surface area contributed by atoms with Crippen LogP contribution in [0.25, 0.3) is 10.2 Å². The first kappa shape index (κ1) is 21.9. The topological polar surface area (TPSA) is 70.6 Å². The molecule has 1 aromatic heterocycles. The van der Waals surface area contributed by atoms with E-state index in [-0.39, 0.29) is 17.6 Å². The number of amides is 1. The summed E-state index contributed by atoms with van der Waals surface area (Å²) in [6.07, 6.45) is 1.04. The van der Waals surface area contributed by atoms with E-state index in [2.05, 4.69) is 6.07 Å². The average molecular weight is 458 g/mol. The molecule has 1 aliphatic rings. The maximum atomic E-state index is 13.7. The van der Waals surface area contributed by atoms with Crippen LogP contribution < -0.4 is 4.90 Å². The summed E-state index contributed by atoms with van der Waals surface area (Å²) >= 11 is 1.50. The molecule has 0 atom stereocenters. The van der Waals surface area contributed by atoms with Gasteiger partial charge in [0.15, 0.2) is 5.13 Å². The number of piperidine rings is 1. The molecular formula is C23H27N3O3S2. The van der Waals surface area contributed by atoms with Crippen LogP contribution in [0.5, 0.6) is 0 Å². The van der Waals surface area contributed by atoms with Crippen LogP contribution in [0.4, 0.5) is 10.8 Å². The maximum Gasteiger partial charge on any atom is 0.236 e. The number of rotatable bonds is 5. The fourth-order valence-electron chi connectivity index (χ4n) is 4.11. The highest BCUT2D eigenvalue weighted by Gasteiger charge is 2.34. The summed E-state index contributed by atoms with van der Waals surface area (Å²) in [4.78, 5) is 20.2. The molecule has 1 fully saturated rings. The van der Waals surface area contributed by atoms with Gasteiger partial charge >= 0.3 is 0 Å². The second-order valence-electron chi connectivity index (χ2n) is 8.06. The van der Waals surface area contributed by atoms with Gasteiger partial charge in [-0.25, -0.2) is 17.7 Å². The number of carbonyl (C=O) groups is 1. The number of para-hydroxylation sites is 1. The quantitative estimate of drug-likeness (QED) is 0.560. The fraction of sp³-hybridized carbons (Fsp3) is 0.391. The zero-order valence-corrected chi connectivity index (χ0v) is 19.7. The molecule has 8 heteroatoms. The molecule has 2 heterocycles. The minimum atomic E-state index is -3.23. The number of fused-ring (bicyclic) bond motifs is 1. The van der Waals surface area contributed by atoms with Crippen LogP contribution in [0, 0.1) is 19.8 Å². The van der Waals surface area contributed by atoms with Crippen molar-refractivity contribution in [3.05, 3.63) is 53.6 Å². The number of thiazole rings is 1. The van der Waals surface area contributed by atoms with Gasteiger partial charge < -0.3 is 0 Å². The molecule has 0 spiro atoms. The van der Waals surface area contributed by atoms with E-state index < -0.39 is 10.0 Å². The second-order valence-corrected chi connectivity index (χ2v) is 11.3. The third-order valence-electron chi connectivity index (χ3n) is 5.72. The molecule has 1 aliphatic heterocycles. The van der Waals surface area contributed by atoms with Crippen molar-refractivity contribution in [3.8, 4) is 0 Å². The Kier molecular flexibility index (Phi) is 6.14. The first-order chi connectivity index (χ1) is 14.8. The first-order valence-corrected chi connectivity index (χ1v) is 13.0. The van der Waals surface area contributed by atoms with E-state index in [0.29, 0.717) is 31.1 Å². The Morgan fingerprint density at radius 1 is 1.13 bits per heavy atom. The lowest BCUT2D eigenvalue weighted by molar-refractivity contribution is -0.122. The Balaban J connectivity index is 1.68. The van der Waals surface area contributed by atoms with E-state index in [4.69, 9.17) is 4.98 Å². The van der Waals surface area contributed by atoms with Gasteiger partial charge in [-0.2, -0.15) is 0 Å². The number of carbonyl (C=O) groups excluding carboxylic acids is 1. The highest BCUT2D eigenvalue weighted by atomic mass is 32.2. The smallest absolute Gasteiger partial charge is 0.236 e. The van der Waals surface area contributed by atoms with E-state index in [1.54, 1.807) is 11.8 Å². The lowest BCUT2D eigenvalue weighted by Crippen LogP contribution is -2.43. The van der Waals surface area contributed by atoms with Crippen molar-refractivity contribution in [1.82, 2.24) is 9.29 Å². The molecule has 0 saturated carbocycles. The SMILES string of the molecule is CCS(=O)(=O)N1CCC(C(=O)N(c2cc(C)cc(C)c2)c2nc3ccccc3s2)CC1. The van der Waals surface area contributed by atoms with Crippen molar-refractivity contribution >= 4 is 48.3 Å². The summed E-state index contributed by atoms with van der Waals surface area (Å²) in [5.74, 6) is -0.166. The van der Waals surface area contributed by atoms with Crippen molar-refractivity contribution < 1.29 is 13.2 Å². The molecule has 31 heavy (non-hydrogen) atoms. The summed E-state index contributed by atoms with van der Waals surface area (Å²) < 4.78 is 26.9. The number of hydrogen-bond donors (Lipinski definition) is 0. The number of nitrogens with zero attached hydrogens (tertiary/aromatic N) is 3. The monoisotopic (exact) mass is 457 g/mol. The molecule has 0 N–H and O–H groups in total. The average Bonchev–Trinajstić information content (AvgIpc) is 3.16. The Bertz CT molecular complexity index is 1160. The molecule has 1 saturated heterocycles. The van der Waals surface area contributed by atoms with Crippen molar-refractivity contribution in [2.24, 2.45) is 5.92 Å². The zero-order valence-electron chi connectivity index (χ0n) is 18.0. The van der Waals surface area contributed by atoms with E-state index in [0.717, 1.165) is 27.0 Å². The number of hydrogen-bond acceptors (Lipinski definition) is 5. The van der Waals surface area contributed by atoms with Gasteiger partial charge in [0.25, 0.3) is 0 Å². The molecule has 2 aromatic carbocycles. The van der Waals surface area contributed by atoms with Crippen LogP contribution in [0.3, 0.4) is 0 Å². The van der Waals surface area contributed by atoms with Crippen LogP contribution in [0.15, 0.2) is 42.5 Å². The van der Waals surface area contributed by atoms with Gasteiger partial charge in [0.2, 0.25) is 15.9 Å². The molecular weight excluding hydrogens is 430 g/mol. The fourth-order valence-corrected chi connectivity index (χ4v) is 6.24. The van der Waals surface area contributed by atoms with Crippen molar-refractivity contribution in [2.45, 2.75) is 33.6 Å². The van der Waals surface area contributed by atoms with E-state index in [1.165, 1.54) is 15.6 Å². The molecule has 4 rings (SSSR count). The molecule has 0 unspecified atom stereocenters. The Morgan fingerprint density at radius 3 is 2.39 bits per heavy atom. The van der Waals surface area contributed by atoms with Crippen LogP contribution in [-0.4, -0.2) is 42.5 Å². The molecule has 0 bridgehead atoms. The lowest BCUT2D eigenvalue weighted by atomic mass is 9.96. The number of aromatic nitrogens is 1. The molecule has 1 amide bonds. The summed E-state index contributed by atoms with van der Waals surface area (Å²) in [5, 5.41) is 0.653. The molecule has 0 aliphatic carbocycles. The summed E-state index contributed by atoms with van der Waals surface area (Å²) in [6, 6.07) is 14.0. The lowest BCUT2D eigenvalue weighted by Gasteiger charge is -2.33. The predicted octanol–water partition coefficient (Wildman–Crippen LogP) is 4.64. The standard InChI is InChI=1S/C23H27N3O3S2/c1-4-31(28,29)25-11-9-18(10-12-25)22(27)26(19-14-16(2)13-17(3)15-19)23-24-20-7-5-6-8-21(20)30-23/h5-8,13-15,18H,4,9-12H2,1-3H3. The van der Waals surface area contributed by atoms with Gasteiger partial charge in [0.05, 0.1) is 21.7 Å². The highest BCUT2D eigenvalue weighted by molar-refractivity contribution is 7.89. The van der Waals surface area contributed by atoms with Gasteiger partial charge in [-0.3, -0.25) is 9.69 Å². The van der Waals surface area contributed by atoms with Gasteiger partial charge in [-0.05, 0) is 69.0 Å². The van der Waals surface area contributed by atoms with E-state index in [9.17, 15) is 13.2 Å². The first-order valence-electron chi connectivity index (χ1n) is 10.5. The minimum Gasteiger partial charge on any atom is -0.274 e. The summed E-state index contributed by atoms with van der Waals surface area (Å²) in [6.45, 7) is 6.46. The number of anilines is 2. The van der Waals surface area contributed by atoms with Crippen LogP contribution in [-0.2, 0) is 14.8 Å². The van der Waals surface area contributed by atoms with Crippen molar-refractivity contribution in [1.29, 1.82) is 0 Å². The number of aryl methyl sites for hydroxylation is 2. The minimum absolute atomic E-state index is 0.0161. The third kappa shape index (κ3) is 4.51. The number of benzene rings is 2. The molecule has 0 radical (unpaired) electrons. The predicted molar refractivity (Wildman–Crippen MR) is 126 cm³/mol. The maximum absolute atomic E-state index is 13.7. The summed E-state index contributed by atoms with van der Waals surface area (Å²) in [5.41, 5.74) is 3.84. The zero-order chi connectivity index (χ0) is 22.2. The molecule has 6 nitrogen and oxygen atoms in total. The Labute approximate surface area is 187 Å².